The van der Waals surface area contributed by atoms with Gasteiger partial charge in [0.25, 0.3) is 0 Å². The van der Waals surface area contributed by atoms with E-state index in [1.807, 2.05) is 36.4 Å². The molecule has 0 bridgehead atoms. The summed E-state index contributed by atoms with van der Waals surface area (Å²) in [5.74, 6) is 1.24. The summed E-state index contributed by atoms with van der Waals surface area (Å²) < 4.78 is 6.89. The minimum absolute atomic E-state index is 0. The Bertz CT molecular complexity index is 2380. The number of fused-ring (bicyclic) bond motifs is 5. The van der Waals surface area contributed by atoms with Crippen LogP contribution in [0.3, 0.4) is 0 Å². The molecule has 4 nitrogen and oxygen atoms in total. The number of rotatable bonds is 5. The molecule has 1 aliphatic carbocycles. The van der Waals surface area contributed by atoms with Crippen LogP contribution in [0.5, 0.6) is 11.5 Å². The zero-order chi connectivity index (χ0) is 32.2. The Morgan fingerprint density at radius 3 is 2.08 bits per heavy atom. The largest absolute Gasteiger partial charge is 0.502 e. The zero-order valence-electron chi connectivity index (χ0n) is 26.9. The van der Waals surface area contributed by atoms with Crippen molar-refractivity contribution in [3.63, 3.8) is 0 Å². The van der Waals surface area contributed by atoms with Gasteiger partial charge in [-0.3, -0.25) is 0 Å². The predicted octanol–water partition coefficient (Wildman–Crippen LogP) is 11.1. The van der Waals surface area contributed by atoms with Crippen molar-refractivity contribution < 1.29 is 25.8 Å². The van der Waals surface area contributed by atoms with Crippen LogP contribution in [0.15, 0.2) is 140 Å². The minimum Gasteiger partial charge on any atom is -0.502 e. The molecule has 7 aromatic rings. The zero-order valence-corrected chi connectivity index (χ0v) is 29.2. The van der Waals surface area contributed by atoms with Crippen molar-refractivity contribution in [3.05, 3.63) is 170 Å². The third-order valence-electron chi connectivity index (χ3n) is 9.23. The van der Waals surface area contributed by atoms with Crippen LogP contribution in [0, 0.1) is 32.6 Å². The van der Waals surface area contributed by atoms with Gasteiger partial charge in [-0.05, 0) is 76.6 Å². The molecule has 0 unspecified atom stereocenters. The van der Waals surface area contributed by atoms with E-state index in [9.17, 15) is 0 Å². The van der Waals surface area contributed by atoms with Gasteiger partial charge in [0.2, 0.25) is 0 Å². The fourth-order valence-electron chi connectivity index (χ4n) is 7.10. The molecule has 240 valence electrons. The van der Waals surface area contributed by atoms with E-state index in [0.29, 0.717) is 11.5 Å². The molecule has 0 spiro atoms. The van der Waals surface area contributed by atoms with Crippen molar-refractivity contribution in [2.75, 3.05) is 9.80 Å². The summed E-state index contributed by atoms with van der Waals surface area (Å²) in [7, 11) is 0. The molecular weight excluding hydrogens is 782 g/mol. The smallest absolute Gasteiger partial charge is 0.0421 e. The molecule has 5 heteroatoms. The number of para-hydroxylation sites is 1. The van der Waals surface area contributed by atoms with E-state index in [2.05, 4.69) is 145 Å². The van der Waals surface area contributed by atoms with Crippen molar-refractivity contribution in [3.8, 4) is 56.1 Å². The summed E-state index contributed by atoms with van der Waals surface area (Å²) in [5, 5.41) is 2.39. The minimum atomic E-state index is 0. The maximum Gasteiger partial charge on any atom is 0.0421 e. The van der Waals surface area contributed by atoms with E-state index in [4.69, 9.17) is 4.74 Å². The quantitative estimate of drug-likeness (QED) is 0.162. The van der Waals surface area contributed by atoms with Crippen molar-refractivity contribution in [1.29, 1.82) is 0 Å². The van der Waals surface area contributed by atoms with Crippen LogP contribution in [0.25, 0.3) is 55.4 Å². The second-order valence-corrected chi connectivity index (χ2v) is 12.2. The van der Waals surface area contributed by atoms with Crippen molar-refractivity contribution in [1.82, 2.24) is 4.98 Å². The molecule has 2 aliphatic rings. The van der Waals surface area contributed by atoms with Crippen LogP contribution in [0.2, 0.25) is 0 Å². The molecule has 0 fully saturated rings. The molecule has 0 atom stereocenters. The molecule has 6 aromatic carbocycles. The molecule has 0 saturated heterocycles. The number of nitrogens with zero attached hydrogens (tertiary/aromatic N) is 3. The molecule has 0 N–H and O–H groups in total. The van der Waals surface area contributed by atoms with Crippen molar-refractivity contribution >= 4 is 22.1 Å². The maximum absolute atomic E-state index is 6.89. The number of hydrogen-bond donors (Lipinski definition) is 0. The van der Waals surface area contributed by atoms with Crippen LogP contribution < -0.4 is 14.5 Å². The fraction of sp³-hybridized carbons (Fsp3) is 0.0455. The summed E-state index contributed by atoms with van der Waals surface area (Å²) in [6.07, 6.45) is 5.98. The normalized spacial score (nSPS) is 12.7. The average molecular weight is 812 g/mol. The number of ether oxygens (including phenoxy) is 1. The molecular formula is C44H30N3OPt-3. The second kappa shape index (κ2) is 12.5. The third kappa shape index (κ3) is 5.33. The van der Waals surface area contributed by atoms with E-state index in [0.717, 1.165) is 39.2 Å². The van der Waals surface area contributed by atoms with Gasteiger partial charge in [0.05, 0.1) is 0 Å². The van der Waals surface area contributed by atoms with E-state index in [-0.39, 0.29) is 21.1 Å². The molecule has 1 aromatic heterocycles. The first-order valence-electron chi connectivity index (χ1n) is 16.1. The van der Waals surface area contributed by atoms with Crippen LogP contribution in [-0.4, -0.2) is 4.98 Å². The van der Waals surface area contributed by atoms with Gasteiger partial charge in [-0.25, -0.2) is 0 Å². The first kappa shape index (κ1) is 30.9. The average Bonchev–Trinajstić information content (AvgIpc) is 3.57. The number of aryl methyl sites for hydroxylation is 2. The van der Waals surface area contributed by atoms with Crippen LogP contribution in [-0.2, 0) is 21.1 Å². The van der Waals surface area contributed by atoms with Gasteiger partial charge in [0, 0.05) is 44.4 Å². The number of anilines is 2. The molecule has 0 saturated carbocycles. The molecule has 0 radical (unpaired) electrons. The van der Waals surface area contributed by atoms with E-state index in [1.165, 1.54) is 38.7 Å². The Morgan fingerprint density at radius 2 is 1.31 bits per heavy atom. The second-order valence-electron chi connectivity index (χ2n) is 12.2. The van der Waals surface area contributed by atoms with Crippen LogP contribution >= 0.6 is 0 Å². The topological polar surface area (TPSA) is 28.6 Å². The number of aromatic nitrogens is 1. The van der Waals surface area contributed by atoms with Crippen LogP contribution in [0.1, 0.15) is 11.1 Å². The monoisotopic (exact) mass is 811 g/mol. The number of benzene rings is 6. The Balaban J connectivity index is 0.00000348. The summed E-state index contributed by atoms with van der Waals surface area (Å²) >= 11 is 0. The van der Waals surface area contributed by atoms with Gasteiger partial charge < -0.3 is 19.5 Å². The Labute approximate surface area is 301 Å². The van der Waals surface area contributed by atoms with Gasteiger partial charge in [-0.2, -0.15) is 0 Å². The molecule has 1 aliphatic heterocycles. The summed E-state index contributed by atoms with van der Waals surface area (Å²) in [5.41, 5.74) is 13.0. The SMILES string of the molecule is Cc1cccc(C)c1N1C=CN(c2[c-]c(Oc3[c-]c(-c4ccccn4)ccc3)c3c(c2)-c2ccccc2-c2cccc4cccc-3c24)[CH-]1.[Pt]. The van der Waals surface area contributed by atoms with Crippen molar-refractivity contribution in [2.45, 2.75) is 13.8 Å². The summed E-state index contributed by atoms with van der Waals surface area (Å²) in [6, 6.07) is 49.4. The first-order valence-corrected chi connectivity index (χ1v) is 16.1. The standard InChI is InChI=1S/C44H30N3O.Pt/c1-29-11-7-12-30(2)44(29)47-24-23-46(28-47)33-26-39-36-18-4-3-17-35(36)37-19-9-13-31-14-10-20-38(42(31)37)43(39)41(27-33)48-34-16-8-15-32(25-34)40-21-5-6-22-45-40;/h3-24,26,28H,1-2H3;/q-3;. The Hall–Kier alpha value is -5.44. The van der Waals surface area contributed by atoms with Gasteiger partial charge in [0.15, 0.2) is 0 Å². The Kier molecular flexibility index (Phi) is 7.90. The molecule has 49 heavy (non-hydrogen) atoms. The first-order chi connectivity index (χ1) is 23.6. The summed E-state index contributed by atoms with van der Waals surface area (Å²) in [4.78, 5) is 8.85. The molecule has 9 rings (SSSR count). The van der Waals surface area contributed by atoms with Gasteiger partial charge in [0.1, 0.15) is 0 Å². The van der Waals surface area contributed by atoms with Gasteiger partial charge >= 0.3 is 0 Å². The number of pyridine rings is 1. The van der Waals surface area contributed by atoms with E-state index < -0.39 is 0 Å². The van der Waals surface area contributed by atoms with E-state index >= 15 is 0 Å². The number of hydrogen-bond acceptors (Lipinski definition) is 4. The van der Waals surface area contributed by atoms with Gasteiger partial charge in [-0.15, -0.1) is 53.8 Å². The maximum atomic E-state index is 6.89. The predicted molar refractivity (Wildman–Crippen MR) is 196 cm³/mol. The van der Waals surface area contributed by atoms with Crippen molar-refractivity contribution in [2.24, 2.45) is 0 Å². The summed E-state index contributed by atoms with van der Waals surface area (Å²) in [6.45, 7) is 6.42. The van der Waals surface area contributed by atoms with E-state index in [1.54, 1.807) is 6.20 Å². The fourth-order valence-corrected chi connectivity index (χ4v) is 7.10. The van der Waals surface area contributed by atoms with Gasteiger partial charge in [-0.1, -0.05) is 108 Å². The van der Waals surface area contributed by atoms with Crippen LogP contribution in [0.4, 0.5) is 11.4 Å². The Morgan fingerprint density at radius 1 is 0.633 bits per heavy atom. The third-order valence-corrected chi connectivity index (χ3v) is 9.23. The molecule has 2 heterocycles. The molecule has 0 amide bonds.